The first kappa shape index (κ1) is 12.4. The van der Waals surface area contributed by atoms with Gasteiger partial charge in [-0.05, 0) is 62.2 Å². The smallest absolute Gasteiger partial charge is 0.0650 e. The van der Waals surface area contributed by atoms with Gasteiger partial charge >= 0.3 is 0 Å². The Kier molecular flexibility index (Phi) is 3.36. The first-order chi connectivity index (χ1) is 7.42. The number of fused-ring (bicyclic) bond motifs is 1. The van der Waals surface area contributed by atoms with Gasteiger partial charge in [0.1, 0.15) is 0 Å². The van der Waals surface area contributed by atoms with Crippen molar-refractivity contribution in [3.63, 3.8) is 0 Å². The van der Waals surface area contributed by atoms with Crippen molar-refractivity contribution in [3.05, 3.63) is 0 Å². The minimum atomic E-state index is -0.379. The van der Waals surface area contributed by atoms with E-state index < -0.39 is 0 Å². The van der Waals surface area contributed by atoms with E-state index in [-0.39, 0.29) is 5.60 Å². The van der Waals surface area contributed by atoms with Crippen molar-refractivity contribution in [3.8, 4) is 0 Å². The number of hydrogen-bond donors (Lipinski definition) is 1. The summed E-state index contributed by atoms with van der Waals surface area (Å²) in [5, 5.41) is 10.6. The fourth-order valence-corrected chi connectivity index (χ4v) is 4.36. The second-order valence-corrected chi connectivity index (χ2v) is 6.99. The van der Waals surface area contributed by atoms with Crippen LogP contribution in [-0.4, -0.2) is 10.7 Å². The quantitative estimate of drug-likeness (QED) is 0.717. The molecule has 0 aromatic carbocycles. The summed E-state index contributed by atoms with van der Waals surface area (Å²) in [4.78, 5) is 0. The van der Waals surface area contributed by atoms with Crippen molar-refractivity contribution >= 4 is 0 Å². The third kappa shape index (κ3) is 2.16. The van der Waals surface area contributed by atoms with Crippen molar-refractivity contribution in [1.82, 2.24) is 0 Å². The molecule has 1 nitrogen and oxygen atoms in total. The molecule has 0 radical (unpaired) electrons. The largest absolute Gasteiger partial charge is 0.390 e. The molecule has 0 spiro atoms. The van der Waals surface area contributed by atoms with E-state index in [4.69, 9.17) is 0 Å². The Balaban J connectivity index is 2.18. The molecule has 2 rings (SSSR count). The van der Waals surface area contributed by atoms with E-state index in [0.717, 1.165) is 30.1 Å². The normalized spacial score (nSPS) is 49.1. The summed E-state index contributed by atoms with van der Waals surface area (Å²) < 4.78 is 0. The molecule has 2 aliphatic rings. The maximum Gasteiger partial charge on any atom is 0.0650 e. The Morgan fingerprint density at radius 1 is 1.19 bits per heavy atom. The zero-order valence-electron chi connectivity index (χ0n) is 11.4. The molecule has 2 saturated carbocycles. The molecule has 1 heteroatoms. The van der Waals surface area contributed by atoms with E-state index in [1.165, 1.54) is 25.7 Å². The molecule has 94 valence electrons. The van der Waals surface area contributed by atoms with Crippen LogP contribution in [0.25, 0.3) is 0 Å². The highest BCUT2D eigenvalue weighted by Gasteiger charge is 2.47. The molecule has 5 atom stereocenters. The molecule has 0 bridgehead atoms. The second-order valence-electron chi connectivity index (χ2n) is 6.99. The molecule has 2 aliphatic carbocycles. The van der Waals surface area contributed by atoms with E-state index in [2.05, 4.69) is 27.7 Å². The van der Waals surface area contributed by atoms with Crippen molar-refractivity contribution in [1.29, 1.82) is 0 Å². The highest BCUT2D eigenvalue weighted by atomic mass is 16.3. The van der Waals surface area contributed by atoms with E-state index in [0.29, 0.717) is 5.92 Å². The Morgan fingerprint density at radius 2 is 1.88 bits per heavy atom. The van der Waals surface area contributed by atoms with Crippen molar-refractivity contribution < 1.29 is 5.11 Å². The monoisotopic (exact) mass is 224 g/mol. The van der Waals surface area contributed by atoms with Gasteiger partial charge in [0.25, 0.3) is 0 Å². The van der Waals surface area contributed by atoms with Crippen molar-refractivity contribution in [2.45, 2.75) is 65.4 Å². The van der Waals surface area contributed by atoms with Gasteiger partial charge in [0.2, 0.25) is 0 Å². The highest BCUT2D eigenvalue weighted by Crippen LogP contribution is 2.51. The molecule has 0 saturated heterocycles. The molecular weight excluding hydrogens is 196 g/mol. The van der Waals surface area contributed by atoms with Gasteiger partial charge in [0, 0.05) is 0 Å². The van der Waals surface area contributed by atoms with Crippen LogP contribution in [0.2, 0.25) is 0 Å². The summed E-state index contributed by atoms with van der Waals surface area (Å²) in [6, 6.07) is 0. The van der Waals surface area contributed by atoms with Gasteiger partial charge in [-0.3, -0.25) is 0 Å². The SMILES string of the molecule is CC1CC[C@H]2[C@@H](C1)[C@H](C(C)C)CC[C@]2(C)O. The van der Waals surface area contributed by atoms with Gasteiger partial charge in [0.05, 0.1) is 5.60 Å². The summed E-state index contributed by atoms with van der Waals surface area (Å²) in [5.41, 5.74) is -0.379. The van der Waals surface area contributed by atoms with Gasteiger partial charge in [0.15, 0.2) is 0 Å². The maximum absolute atomic E-state index is 10.6. The fourth-order valence-electron chi connectivity index (χ4n) is 4.36. The summed E-state index contributed by atoms with van der Waals surface area (Å²) in [6.07, 6.45) is 6.18. The van der Waals surface area contributed by atoms with Crippen LogP contribution in [0.5, 0.6) is 0 Å². The van der Waals surface area contributed by atoms with Crippen molar-refractivity contribution in [2.24, 2.45) is 29.6 Å². The molecule has 0 aliphatic heterocycles. The van der Waals surface area contributed by atoms with Gasteiger partial charge in [-0.2, -0.15) is 0 Å². The third-order valence-corrected chi connectivity index (χ3v) is 5.35. The summed E-state index contributed by atoms with van der Waals surface area (Å²) >= 11 is 0. The lowest BCUT2D eigenvalue weighted by Gasteiger charge is -2.52. The topological polar surface area (TPSA) is 20.2 Å². The average Bonchev–Trinajstić information content (AvgIpc) is 2.16. The predicted molar refractivity (Wildman–Crippen MR) is 68.2 cm³/mol. The Morgan fingerprint density at radius 3 is 2.50 bits per heavy atom. The third-order valence-electron chi connectivity index (χ3n) is 5.35. The second kappa shape index (κ2) is 4.33. The lowest BCUT2D eigenvalue weighted by atomic mass is 9.56. The molecule has 0 amide bonds. The van der Waals surface area contributed by atoms with Crippen LogP contribution in [0, 0.1) is 29.6 Å². The molecule has 0 heterocycles. The first-order valence-corrected chi connectivity index (χ1v) is 7.14. The standard InChI is InChI=1S/C15H28O/c1-10(2)12-7-8-15(4,16)14-6-5-11(3)9-13(12)14/h10-14,16H,5-9H2,1-4H3/t11?,12-,13-,14-,15-/m0/s1. The van der Waals surface area contributed by atoms with Crippen LogP contribution in [0.3, 0.4) is 0 Å². The van der Waals surface area contributed by atoms with Crippen LogP contribution in [0.4, 0.5) is 0 Å². The molecule has 1 unspecified atom stereocenters. The Hall–Kier alpha value is -0.0400. The van der Waals surface area contributed by atoms with Crippen molar-refractivity contribution in [2.75, 3.05) is 0 Å². The molecular formula is C15H28O. The Bertz CT molecular complexity index is 244. The summed E-state index contributed by atoms with van der Waals surface area (Å²) in [5.74, 6) is 3.87. The summed E-state index contributed by atoms with van der Waals surface area (Å²) in [6.45, 7) is 9.19. The highest BCUT2D eigenvalue weighted by molar-refractivity contribution is 4.98. The van der Waals surface area contributed by atoms with Gasteiger partial charge in [-0.25, -0.2) is 0 Å². The van der Waals surface area contributed by atoms with Crippen LogP contribution in [0.1, 0.15) is 59.8 Å². The lowest BCUT2D eigenvalue weighted by Crippen LogP contribution is -2.49. The number of hydrogen-bond acceptors (Lipinski definition) is 1. The van der Waals surface area contributed by atoms with Crippen LogP contribution >= 0.6 is 0 Å². The predicted octanol–water partition coefficient (Wildman–Crippen LogP) is 3.86. The van der Waals surface area contributed by atoms with E-state index in [9.17, 15) is 5.11 Å². The number of rotatable bonds is 1. The molecule has 0 aromatic rings. The average molecular weight is 224 g/mol. The van der Waals surface area contributed by atoms with Crippen LogP contribution in [0.15, 0.2) is 0 Å². The fraction of sp³-hybridized carbons (Fsp3) is 1.00. The number of aliphatic hydroxyl groups is 1. The maximum atomic E-state index is 10.6. The van der Waals surface area contributed by atoms with Crippen LogP contribution in [-0.2, 0) is 0 Å². The lowest BCUT2D eigenvalue weighted by molar-refractivity contribution is -0.109. The van der Waals surface area contributed by atoms with Crippen LogP contribution < -0.4 is 0 Å². The first-order valence-electron chi connectivity index (χ1n) is 7.14. The summed E-state index contributed by atoms with van der Waals surface area (Å²) in [7, 11) is 0. The molecule has 2 fully saturated rings. The zero-order chi connectivity index (χ0) is 11.9. The molecule has 1 N–H and O–H groups in total. The minimum Gasteiger partial charge on any atom is -0.390 e. The van der Waals surface area contributed by atoms with Gasteiger partial charge in [-0.15, -0.1) is 0 Å². The van der Waals surface area contributed by atoms with Gasteiger partial charge in [-0.1, -0.05) is 27.2 Å². The zero-order valence-corrected chi connectivity index (χ0v) is 11.4. The van der Waals surface area contributed by atoms with E-state index in [1.54, 1.807) is 0 Å². The van der Waals surface area contributed by atoms with Gasteiger partial charge < -0.3 is 5.11 Å². The molecule has 16 heavy (non-hydrogen) atoms. The van der Waals surface area contributed by atoms with E-state index >= 15 is 0 Å². The Labute approximate surface area is 101 Å². The minimum absolute atomic E-state index is 0.379. The molecule has 0 aromatic heterocycles. The van der Waals surface area contributed by atoms with E-state index in [1.807, 2.05) is 0 Å².